The fourth-order valence-electron chi connectivity index (χ4n) is 5.16. The summed E-state index contributed by atoms with van der Waals surface area (Å²) in [7, 11) is 0. The average molecular weight is 415 g/mol. The Hall–Kier alpha value is -3.35. The third kappa shape index (κ3) is 3.15. The number of benzene rings is 1. The van der Waals surface area contributed by atoms with Crippen molar-refractivity contribution in [2.75, 3.05) is 0 Å². The van der Waals surface area contributed by atoms with Gasteiger partial charge in [0, 0.05) is 35.7 Å². The molecule has 0 fully saturated rings. The lowest BCUT2D eigenvalue weighted by atomic mass is 9.59. The number of nitrogens with zero attached hydrogens (tertiary/aromatic N) is 4. The lowest BCUT2D eigenvalue weighted by Crippen LogP contribution is -2.51. The molecule has 3 aliphatic rings. The maximum atomic E-state index is 13.5. The summed E-state index contributed by atoms with van der Waals surface area (Å²) < 4.78 is 5.90. The molecule has 2 atom stereocenters. The number of fused-ring (bicyclic) bond motifs is 1. The van der Waals surface area contributed by atoms with E-state index in [4.69, 9.17) is 4.74 Å². The largest absolute Gasteiger partial charge is 0.424 e. The number of azo groups is 1. The van der Waals surface area contributed by atoms with Gasteiger partial charge in [0.15, 0.2) is 11.9 Å². The topological polar surface area (TPSA) is 88.8 Å². The van der Waals surface area contributed by atoms with Crippen LogP contribution in [0.1, 0.15) is 45.6 Å². The molecule has 0 saturated carbocycles. The molecule has 0 bridgehead atoms. The molecule has 158 valence electrons. The minimum absolute atomic E-state index is 0.0883. The Morgan fingerprint density at radius 3 is 2.74 bits per heavy atom. The molecule has 1 aliphatic carbocycles. The average Bonchev–Trinajstić information content (AvgIpc) is 3.21. The summed E-state index contributed by atoms with van der Waals surface area (Å²) in [5, 5.41) is 12.1. The van der Waals surface area contributed by atoms with Crippen LogP contribution < -0.4 is 10.1 Å². The van der Waals surface area contributed by atoms with Gasteiger partial charge in [-0.25, -0.2) is 9.97 Å². The molecule has 0 radical (unpaired) electrons. The maximum Gasteiger partial charge on any atom is 0.321 e. The molecule has 2 aliphatic heterocycles. The van der Waals surface area contributed by atoms with Crippen LogP contribution in [0.4, 0.5) is 0 Å². The van der Waals surface area contributed by atoms with Crippen molar-refractivity contribution in [3.63, 3.8) is 0 Å². The monoisotopic (exact) mass is 415 g/mol. The van der Waals surface area contributed by atoms with Crippen molar-refractivity contribution in [2.24, 2.45) is 15.6 Å². The highest BCUT2D eigenvalue weighted by Gasteiger charge is 2.53. The summed E-state index contributed by atoms with van der Waals surface area (Å²) >= 11 is 0. The lowest BCUT2D eigenvalue weighted by molar-refractivity contribution is -0.119. The second-order valence-corrected chi connectivity index (χ2v) is 9.08. The minimum atomic E-state index is -0.598. The van der Waals surface area contributed by atoms with E-state index in [9.17, 15) is 4.79 Å². The van der Waals surface area contributed by atoms with E-state index in [1.807, 2.05) is 24.4 Å². The molecule has 5 rings (SSSR count). The van der Waals surface area contributed by atoms with Crippen LogP contribution in [0, 0.1) is 5.41 Å². The van der Waals surface area contributed by atoms with E-state index in [2.05, 4.69) is 52.4 Å². The predicted octanol–water partition coefficient (Wildman–Crippen LogP) is 4.84. The number of ether oxygens (including phenoxy) is 1. The van der Waals surface area contributed by atoms with Crippen molar-refractivity contribution >= 4 is 5.78 Å². The van der Waals surface area contributed by atoms with E-state index < -0.39 is 5.41 Å². The van der Waals surface area contributed by atoms with E-state index in [1.54, 1.807) is 18.5 Å². The second kappa shape index (κ2) is 7.11. The predicted molar refractivity (Wildman–Crippen MR) is 115 cm³/mol. The molecular weight excluding hydrogens is 390 g/mol. The Kier molecular flexibility index (Phi) is 4.50. The van der Waals surface area contributed by atoms with Gasteiger partial charge < -0.3 is 10.1 Å². The van der Waals surface area contributed by atoms with Gasteiger partial charge in [0.2, 0.25) is 0 Å². The number of allylic oxidation sites excluding steroid dienone is 2. The fourth-order valence-corrected chi connectivity index (χ4v) is 5.16. The maximum absolute atomic E-state index is 13.5. The first-order valence-electron chi connectivity index (χ1n) is 10.6. The number of hydrogen-bond donors (Lipinski definition) is 1. The number of nitrogens with one attached hydrogen (secondary N) is 1. The summed E-state index contributed by atoms with van der Waals surface area (Å²) in [6.45, 7) is 6.40. The zero-order chi connectivity index (χ0) is 21.6. The van der Waals surface area contributed by atoms with Crippen LogP contribution in [-0.2, 0) is 10.2 Å². The van der Waals surface area contributed by atoms with Crippen molar-refractivity contribution in [3.05, 3.63) is 71.3 Å². The molecule has 7 nitrogen and oxygen atoms in total. The van der Waals surface area contributed by atoms with E-state index >= 15 is 0 Å². The van der Waals surface area contributed by atoms with Crippen LogP contribution in [0.25, 0.3) is 0 Å². The smallest absolute Gasteiger partial charge is 0.321 e. The Balaban J connectivity index is 1.66. The first kappa shape index (κ1) is 19.6. The summed E-state index contributed by atoms with van der Waals surface area (Å²) in [4.78, 5) is 21.8. The molecule has 0 spiro atoms. The van der Waals surface area contributed by atoms with Crippen LogP contribution in [-0.4, -0.2) is 21.9 Å². The van der Waals surface area contributed by atoms with Crippen LogP contribution in [0.2, 0.25) is 0 Å². The van der Waals surface area contributed by atoms with Crippen molar-refractivity contribution < 1.29 is 9.53 Å². The van der Waals surface area contributed by atoms with Gasteiger partial charge >= 0.3 is 6.01 Å². The van der Waals surface area contributed by atoms with Crippen LogP contribution >= 0.6 is 0 Å². The first-order valence-corrected chi connectivity index (χ1v) is 10.6. The number of carbonyl (C=O) groups excluding carboxylic acids is 1. The van der Waals surface area contributed by atoms with Gasteiger partial charge in [0.1, 0.15) is 5.75 Å². The Morgan fingerprint density at radius 2 is 1.97 bits per heavy atom. The van der Waals surface area contributed by atoms with Crippen molar-refractivity contribution in [3.8, 4) is 11.8 Å². The lowest BCUT2D eigenvalue weighted by Gasteiger charge is -2.47. The van der Waals surface area contributed by atoms with Crippen LogP contribution in [0.3, 0.4) is 0 Å². The van der Waals surface area contributed by atoms with Crippen molar-refractivity contribution in [1.82, 2.24) is 15.3 Å². The van der Waals surface area contributed by atoms with Gasteiger partial charge in [-0.1, -0.05) is 32.9 Å². The van der Waals surface area contributed by atoms with Gasteiger partial charge in [0.25, 0.3) is 0 Å². The van der Waals surface area contributed by atoms with Gasteiger partial charge in [0.05, 0.1) is 11.6 Å². The number of rotatable bonds is 4. The number of aromatic nitrogens is 2. The van der Waals surface area contributed by atoms with Gasteiger partial charge in [-0.05, 0) is 42.0 Å². The summed E-state index contributed by atoms with van der Waals surface area (Å²) in [5.41, 5.74) is 3.15. The highest BCUT2D eigenvalue weighted by atomic mass is 16.5. The van der Waals surface area contributed by atoms with E-state index in [-0.39, 0.29) is 23.4 Å². The van der Waals surface area contributed by atoms with Crippen molar-refractivity contribution in [1.29, 1.82) is 0 Å². The van der Waals surface area contributed by atoms with Gasteiger partial charge in [-0.15, -0.1) is 0 Å². The second-order valence-electron chi connectivity index (χ2n) is 9.08. The number of Topliss-reactive ketones (excluding diaryl/α,β-unsaturated/α-hetero) is 1. The van der Waals surface area contributed by atoms with Gasteiger partial charge in [-0.3, -0.25) is 4.79 Å². The Bertz CT molecular complexity index is 1140. The highest BCUT2D eigenvalue weighted by Crippen LogP contribution is 2.54. The molecule has 1 aromatic heterocycles. The minimum Gasteiger partial charge on any atom is -0.424 e. The fraction of sp³-hybridized carbons (Fsp3) is 0.375. The third-order valence-corrected chi connectivity index (χ3v) is 6.39. The molecule has 1 aromatic carbocycles. The number of carbonyl (C=O) groups is 1. The molecule has 7 heteroatoms. The molecule has 1 unspecified atom stereocenters. The summed E-state index contributed by atoms with van der Waals surface area (Å²) in [6.07, 6.45) is 6.90. The quantitative estimate of drug-likeness (QED) is 0.772. The molecule has 0 amide bonds. The summed E-state index contributed by atoms with van der Waals surface area (Å²) in [6, 6.07) is 9.90. The number of hydrogen-bond acceptors (Lipinski definition) is 7. The molecule has 2 aromatic rings. The Labute approximate surface area is 181 Å². The summed E-state index contributed by atoms with van der Waals surface area (Å²) in [5.74, 6) is 0.814. The zero-order valence-electron chi connectivity index (χ0n) is 17.9. The molecule has 1 N–H and O–H groups in total. The first-order chi connectivity index (χ1) is 14.9. The van der Waals surface area contributed by atoms with Crippen LogP contribution in [0.5, 0.6) is 11.8 Å². The van der Waals surface area contributed by atoms with E-state index in [0.29, 0.717) is 12.2 Å². The van der Waals surface area contributed by atoms with E-state index in [1.165, 1.54) is 0 Å². The third-order valence-electron chi connectivity index (χ3n) is 6.39. The molecule has 0 saturated heterocycles. The van der Waals surface area contributed by atoms with Gasteiger partial charge in [-0.2, -0.15) is 10.2 Å². The molecule has 3 heterocycles. The zero-order valence-corrected chi connectivity index (χ0v) is 17.9. The molecule has 31 heavy (non-hydrogen) atoms. The molecular formula is C24H25N5O2. The standard InChI is InChI=1S/C24H25N5O2/c1-4-24(15-7-5-8-16(11-15)31-22-25-9-6-10-26-22)17-14-27-29-21(17)28-18-12-23(2,3)13-19(30)20(18)24/h5-11,14,21,28H,4,12-13H2,1-3H3/t21?,24-/m1/s1. The highest BCUT2D eigenvalue weighted by molar-refractivity contribution is 6.01. The van der Waals surface area contributed by atoms with Crippen LogP contribution in [0.15, 0.2) is 76.0 Å². The number of ketones is 1. The normalized spacial score (nSPS) is 26.1. The van der Waals surface area contributed by atoms with Crippen molar-refractivity contribution in [2.45, 2.75) is 51.6 Å². The van der Waals surface area contributed by atoms with E-state index in [0.717, 1.165) is 35.2 Å². The Morgan fingerprint density at radius 1 is 1.16 bits per heavy atom. The SMILES string of the molecule is CC[C@@]1(c2cccc(Oc3ncccn3)c2)C2=CN=NC2NC2=C1C(=O)CC(C)(C)C2.